The molecule has 0 amide bonds. The zero-order valence-electron chi connectivity index (χ0n) is 12.3. The lowest BCUT2D eigenvalue weighted by Gasteiger charge is -2.25. The Bertz CT molecular complexity index is 375. The summed E-state index contributed by atoms with van der Waals surface area (Å²) in [4.78, 5) is 0. The van der Waals surface area contributed by atoms with Crippen LogP contribution in [0.4, 0.5) is 0 Å². The molecule has 1 aliphatic carbocycles. The molecule has 106 valence electrons. The quantitative estimate of drug-likeness (QED) is 0.755. The van der Waals surface area contributed by atoms with Gasteiger partial charge in [0, 0.05) is 6.54 Å². The number of hydrogen-bond donors (Lipinski definition) is 1. The van der Waals surface area contributed by atoms with Crippen LogP contribution >= 0.6 is 0 Å². The molecule has 19 heavy (non-hydrogen) atoms. The highest BCUT2D eigenvalue weighted by Crippen LogP contribution is 2.31. The molecule has 0 aliphatic heterocycles. The Balaban J connectivity index is 1.70. The number of ether oxygens (including phenoxy) is 1. The van der Waals surface area contributed by atoms with E-state index in [1.54, 1.807) is 0 Å². The first-order valence-corrected chi connectivity index (χ1v) is 7.67. The highest BCUT2D eigenvalue weighted by Gasteiger charge is 2.19. The molecule has 0 heterocycles. The van der Waals surface area contributed by atoms with Crippen LogP contribution in [-0.2, 0) is 11.2 Å². The summed E-state index contributed by atoms with van der Waals surface area (Å²) in [6.07, 6.45) is 5.19. The molecule has 0 radical (unpaired) electrons. The Morgan fingerprint density at radius 3 is 2.95 bits per heavy atom. The van der Waals surface area contributed by atoms with Crippen molar-refractivity contribution in [3.8, 4) is 0 Å². The van der Waals surface area contributed by atoms with Crippen LogP contribution in [0.2, 0.25) is 0 Å². The third kappa shape index (κ3) is 4.63. The van der Waals surface area contributed by atoms with Crippen LogP contribution in [-0.4, -0.2) is 19.7 Å². The van der Waals surface area contributed by atoms with Crippen molar-refractivity contribution >= 4 is 0 Å². The third-order valence-corrected chi connectivity index (χ3v) is 3.81. The van der Waals surface area contributed by atoms with Crippen LogP contribution in [0, 0.1) is 5.92 Å². The number of fused-ring (bicyclic) bond motifs is 1. The molecule has 1 aromatic carbocycles. The van der Waals surface area contributed by atoms with Gasteiger partial charge in [-0.2, -0.15) is 0 Å². The standard InChI is InChI=1S/C17H27NO/c1-14(2)10-11-18-12-13-19-17-9-5-7-15-6-3-4-8-16(15)17/h3-4,6,8,14,17-18H,5,7,9-13H2,1-2H3. The second-order valence-electron chi connectivity index (χ2n) is 5.88. The molecule has 0 saturated carbocycles. The first kappa shape index (κ1) is 14.5. The van der Waals surface area contributed by atoms with Crippen LogP contribution in [0.3, 0.4) is 0 Å². The molecule has 1 aliphatic rings. The van der Waals surface area contributed by atoms with E-state index in [0.717, 1.165) is 25.6 Å². The van der Waals surface area contributed by atoms with Gasteiger partial charge in [-0.1, -0.05) is 38.1 Å². The summed E-state index contributed by atoms with van der Waals surface area (Å²) >= 11 is 0. The van der Waals surface area contributed by atoms with E-state index in [-0.39, 0.29) is 0 Å². The van der Waals surface area contributed by atoms with Crippen LogP contribution in [0.15, 0.2) is 24.3 Å². The molecule has 0 fully saturated rings. The van der Waals surface area contributed by atoms with Crippen molar-refractivity contribution in [1.29, 1.82) is 0 Å². The normalized spacial score (nSPS) is 18.6. The maximum absolute atomic E-state index is 6.05. The summed E-state index contributed by atoms with van der Waals surface area (Å²) in [7, 11) is 0. The van der Waals surface area contributed by atoms with Gasteiger partial charge in [0.25, 0.3) is 0 Å². The van der Waals surface area contributed by atoms with Crippen LogP contribution in [0.1, 0.15) is 50.3 Å². The molecular weight excluding hydrogens is 234 g/mol. The molecule has 2 heteroatoms. The van der Waals surface area contributed by atoms with Gasteiger partial charge in [0.2, 0.25) is 0 Å². The number of hydrogen-bond acceptors (Lipinski definition) is 2. The first-order chi connectivity index (χ1) is 9.27. The topological polar surface area (TPSA) is 21.3 Å². The summed E-state index contributed by atoms with van der Waals surface area (Å²) in [6.45, 7) is 7.40. The zero-order valence-corrected chi connectivity index (χ0v) is 12.3. The summed E-state index contributed by atoms with van der Waals surface area (Å²) < 4.78 is 6.05. The summed E-state index contributed by atoms with van der Waals surface area (Å²) in [5.74, 6) is 0.777. The minimum Gasteiger partial charge on any atom is -0.372 e. The van der Waals surface area contributed by atoms with Gasteiger partial charge in [-0.15, -0.1) is 0 Å². The van der Waals surface area contributed by atoms with E-state index >= 15 is 0 Å². The van der Waals surface area contributed by atoms with Crippen molar-refractivity contribution < 1.29 is 4.74 Å². The highest BCUT2D eigenvalue weighted by molar-refractivity contribution is 5.31. The summed E-state index contributed by atoms with van der Waals surface area (Å²) in [5, 5.41) is 3.46. The van der Waals surface area contributed by atoms with Crippen LogP contribution < -0.4 is 5.32 Å². The average molecular weight is 261 g/mol. The van der Waals surface area contributed by atoms with Crippen LogP contribution in [0.5, 0.6) is 0 Å². The highest BCUT2D eigenvalue weighted by atomic mass is 16.5. The van der Waals surface area contributed by atoms with Crippen molar-refractivity contribution in [2.24, 2.45) is 5.92 Å². The van der Waals surface area contributed by atoms with Gasteiger partial charge in [0.1, 0.15) is 0 Å². The maximum Gasteiger partial charge on any atom is 0.0828 e. The Kier molecular flexibility index (Phi) is 5.87. The third-order valence-electron chi connectivity index (χ3n) is 3.81. The van der Waals surface area contributed by atoms with Gasteiger partial charge >= 0.3 is 0 Å². The first-order valence-electron chi connectivity index (χ1n) is 7.67. The van der Waals surface area contributed by atoms with Gasteiger partial charge in [-0.3, -0.25) is 0 Å². The van der Waals surface area contributed by atoms with Gasteiger partial charge < -0.3 is 10.1 Å². The number of benzene rings is 1. The smallest absolute Gasteiger partial charge is 0.0828 e. The molecule has 1 unspecified atom stereocenters. The van der Waals surface area contributed by atoms with E-state index in [4.69, 9.17) is 4.74 Å². The van der Waals surface area contributed by atoms with Gasteiger partial charge in [-0.05, 0) is 49.3 Å². The Morgan fingerprint density at radius 2 is 2.11 bits per heavy atom. The van der Waals surface area contributed by atoms with E-state index in [0.29, 0.717) is 6.10 Å². The minimum absolute atomic E-state index is 0.317. The molecule has 0 aromatic heterocycles. The lowest BCUT2D eigenvalue weighted by Crippen LogP contribution is -2.23. The van der Waals surface area contributed by atoms with E-state index in [1.807, 2.05) is 0 Å². The molecule has 1 N–H and O–H groups in total. The zero-order chi connectivity index (χ0) is 13.5. The largest absolute Gasteiger partial charge is 0.372 e. The van der Waals surface area contributed by atoms with Crippen molar-refractivity contribution in [1.82, 2.24) is 5.32 Å². The van der Waals surface area contributed by atoms with Crippen molar-refractivity contribution in [2.75, 3.05) is 19.7 Å². The second kappa shape index (κ2) is 7.66. The molecule has 0 spiro atoms. The fourth-order valence-corrected chi connectivity index (χ4v) is 2.67. The van der Waals surface area contributed by atoms with Crippen molar-refractivity contribution in [3.05, 3.63) is 35.4 Å². The van der Waals surface area contributed by atoms with E-state index in [9.17, 15) is 0 Å². The van der Waals surface area contributed by atoms with E-state index < -0.39 is 0 Å². The fourth-order valence-electron chi connectivity index (χ4n) is 2.67. The SMILES string of the molecule is CC(C)CCNCCOC1CCCc2ccccc21. The number of nitrogens with one attached hydrogen (secondary N) is 1. The van der Waals surface area contributed by atoms with Gasteiger partial charge in [-0.25, -0.2) is 0 Å². The lowest BCUT2D eigenvalue weighted by atomic mass is 9.89. The lowest BCUT2D eigenvalue weighted by molar-refractivity contribution is 0.0426. The predicted octanol–water partition coefficient (Wildman–Crippen LogP) is 3.72. The minimum atomic E-state index is 0.317. The molecule has 0 saturated heterocycles. The second-order valence-corrected chi connectivity index (χ2v) is 5.88. The molecular formula is C17H27NO. The molecule has 0 bridgehead atoms. The fraction of sp³-hybridized carbons (Fsp3) is 0.647. The Hall–Kier alpha value is -0.860. The monoisotopic (exact) mass is 261 g/mol. The van der Waals surface area contributed by atoms with E-state index in [1.165, 1.54) is 36.8 Å². The van der Waals surface area contributed by atoms with Crippen LogP contribution in [0.25, 0.3) is 0 Å². The molecule has 2 nitrogen and oxygen atoms in total. The number of aryl methyl sites for hydroxylation is 1. The molecule has 1 atom stereocenters. The number of rotatable bonds is 7. The van der Waals surface area contributed by atoms with Gasteiger partial charge in [0.05, 0.1) is 12.7 Å². The molecule has 1 aromatic rings. The predicted molar refractivity (Wildman–Crippen MR) is 80.4 cm³/mol. The maximum atomic E-state index is 6.05. The van der Waals surface area contributed by atoms with Crippen molar-refractivity contribution in [2.45, 2.75) is 45.6 Å². The summed E-state index contributed by atoms with van der Waals surface area (Å²) in [5.41, 5.74) is 2.89. The average Bonchev–Trinajstić information content (AvgIpc) is 2.42. The van der Waals surface area contributed by atoms with E-state index in [2.05, 4.69) is 43.4 Å². The Morgan fingerprint density at radius 1 is 1.26 bits per heavy atom. The molecule has 2 rings (SSSR count). The van der Waals surface area contributed by atoms with Gasteiger partial charge in [0.15, 0.2) is 0 Å². The summed E-state index contributed by atoms with van der Waals surface area (Å²) in [6, 6.07) is 8.73. The van der Waals surface area contributed by atoms with Crippen molar-refractivity contribution in [3.63, 3.8) is 0 Å². The Labute approximate surface area is 117 Å².